The van der Waals surface area contributed by atoms with E-state index in [4.69, 9.17) is 0 Å². The fourth-order valence-corrected chi connectivity index (χ4v) is 1.83. The highest BCUT2D eigenvalue weighted by molar-refractivity contribution is 7.11. The van der Waals surface area contributed by atoms with Crippen LogP contribution in [0.5, 0.6) is 0 Å². The summed E-state index contributed by atoms with van der Waals surface area (Å²) in [6, 6.07) is 0. The summed E-state index contributed by atoms with van der Waals surface area (Å²) in [6.45, 7) is 1.91. The van der Waals surface area contributed by atoms with Gasteiger partial charge in [-0.3, -0.25) is 4.79 Å². The van der Waals surface area contributed by atoms with Crippen molar-refractivity contribution < 1.29 is 4.79 Å². The average Bonchev–Trinajstić information content (AvgIpc) is 2.78. The lowest BCUT2D eigenvalue weighted by Gasteiger charge is -1.90. The minimum Gasteiger partial charge on any atom is -0.299 e. The Morgan fingerprint density at radius 3 is 2.83 bits per heavy atom. The molecule has 0 unspecified atom stereocenters. The van der Waals surface area contributed by atoms with E-state index in [1.165, 1.54) is 11.3 Å². The zero-order valence-corrected chi connectivity index (χ0v) is 7.73. The summed E-state index contributed by atoms with van der Waals surface area (Å²) in [5.74, 6) is 0.681. The lowest BCUT2D eigenvalue weighted by Crippen LogP contribution is -2.04. The van der Waals surface area contributed by atoms with Gasteiger partial charge in [-0.1, -0.05) is 0 Å². The quantitative estimate of drug-likeness (QED) is 0.709. The number of ketones is 1. The lowest BCUT2D eigenvalue weighted by atomic mass is 10.2. The second-order valence-electron chi connectivity index (χ2n) is 3.13. The van der Waals surface area contributed by atoms with E-state index >= 15 is 0 Å². The molecule has 0 spiro atoms. The Labute approximate surface area is 74.8 Å². The van der Waals surface area contributed by atoms with Crippen molar-refractivity contribution in [2.45, 2.75) is 26.2 Å². The molecule has 2 rings (SSSR count). The van der Waals surface area contributed by atoms with Crippen molar-refractivity contribution in [1.29, 1.82) is 0 Å². The number of nitrogens with zero attached hydrogens (tertiary/aromatic N) is 2. The van der Waals surface area contributed by atoms with Crippen molar-refractivity contribution in [3.63, 3.8) is 0 Å². The Morgan fingerprint density at radius 2 is 2.33 bits per heavy atom. The summed E-state index contributed by atoms with van der Waals surface area (Å²) in [7, 11) is 0. The molecule has 1 aromatic rings. The van der Waals surface area contributed by atoms with Crippen LogP contribution in [0.3, 0.4) is 0 Å². The van der Waals surface area contributed by atoms with Crippen molar-refractivity contribution >= 4 is 17.1 Å². The number of aromatic nitrogens is 2. The Balaban J connectivity index is 1.98. The van der Waals surface area contributed by atoms with Gasteiger partial charge in [0.1, 0.15) is 15.8 Å². The van der Waals surface area contributed by atoms with Crippen molar-refractivity contribution in [1.82, 2.24) is 10.2 Å². The molecular formula is C8H10N2OS. The maximum Gasteiger partial charge on any atom is 0.142 e. The fraction of sp³-hybridized carbons (Fsp3) is 0.625. The molecule has 1 aliphatic carbocycles. The molecule has 0 bridgehead atoms. The highest BCUT2D eigenvalue weighted by atomic mass is 32.1. The third-order valence-electron chi connectivity index (χ3n) is 1.93. The Morgan fingerprint density at radius 1 is 1.58 bits per heavy atom. The molecule has 1 aliphatic rings. The summed E-state index contributed by atoms with van der Waals surface area (Å²) in [5.41, 5.74) is 0. The topological polar surface area (TPSA) is 42.9 Å². The van der Waals surface area contributed by atoms with E-state index in [1.54, 1.807) is 0 Å². The Hall–Kier alpha value is -0.770. The largest absolute Gasteiger partial charge is 0.299 e. The lowest BCUT2D eigenvalue weighted by molar-refractivity contribution is -0.119. The van der Waals surface area contributed by atoms with E-state index < -0.39 is 0 Å². The number of Topliss-reactive ketones (excluding diaryl/α,β-unsaturated/α-hetero) is 1. The van der Waals surface area contributed by atoms with Gasteiger partial charge < -0.3 is 0 Å². The molecule has 1 heterocycles. The average molecular weight is 182 g/mol. The summed E-state index contributed by atoms with van der Waals surface area (Å²) in [4.78, 5) is 11.3. The van der Waals surface area contributed by atoms with Crippen LogP contribution in [0.1, 0.15) is 22.9 Å². The van der Waals surface area contributed by atoms with E-state index in [-0.39, 0.29) is 0 Å². The minimum atomic E-state index is 0.339. The summed E-state index contributed by atoms with van der Waals surface area (Å²) >= 11 is 1.52. The van der Waals surface area contributed by atoms with Gasteiger partial charge in [0.05, 0.1) is 6.42 Å². The first-order valence-corrected chi connectivity index (χ1v) is 4.89. The van der Waals surface area contributed by atoms with Gasteiger partial charge in [-0.25, -0.2) is 0 Å². The van der Waals surface area contributed by atoms with Gasteiger partial charge in [0.2, 0.25) is 0 Å². The van der Waals surface area contributed by atoms with Gasteiger partial charge in [-0.15, -0.1) is 21.5 Å². The number of carbonyl (C=O) groups excluding carboxylic acids is 1. The SMILES string of the molecule is Cc1nnc(CC(=O)C2CC2)s1. The zero-order valence-electron chi connectivity index (χ0n) is 6.91. The molecule has 1 fully saturated rings. The molecule has 1 saturated carbocycles. The van der Waals surface area contributed by atoms with Crippen LogP contribution >= 0.6 is 11.3 Å². The van der Waals surface area contributed by atoms with E-state index in [0.717, 1.165) is 22.9 Å². The van der Waals surface area contributed by atoms with E-state index in [1.807, 2.05) is 6.92 Å². The normalized spacial score (nSPS) is 16.4. The number of hydrogen-bond acceptors (Lipinski definition) is 4. The minimum absolute atomic E-state index is 0.339. The van der Waals surface area contributed by atoms with Crippen LogP contribution in [0.25, 0.3) is 0 Å². The van der Waals surface area contributed by atoms with E-state index in [9.17, 15) is 4.79 Å². The van der Waals surface area contributed by atoms with Crippen LogP contribution < -0.4 is 0 Å². The fourth-order valence-electron chi connectivity index (χ4n) is 1.11. The third kappa shape index (κ3) is 1.69. The molecular weight excluding hydrogens is 172 g/mol. The molecule has 0 saturated heterocycles. The second kappa shape index (κ2) is 2.94. The first kappa shape index (κ1) is 7.86. The maximum atomic E-state index is 11.3. The number of rotatable bonds is 3. The van der Waals surface area contributed by atoms with Gasteiger partial charge in [0.15, 0.2) is 0 Å². The maximum absolute atomic E-state index is 11.3. The van der Waals surface area contributed by atoms with E-state index in [0.29, 0.717) is 18.1 Å². The summed E-state index contributed by atoms with van der Waals surface area (Å²) in [6.07, 6.45) is 2.66. The van der Waals surface area contributed by atoms with Crippen LogP contribution in [-0.4, -0.2) is 16.0 Å². The van der Waals surface area contributed by atoms with Crippen LogP contribution in [0.4, 0.5) is 0 Å². The molecule has 0 aliphatic heterocycles. The number of carbonyl (C=O) groups is 1. The molecule has 0 N–H and O–H groups in total. The predicted molar refractivity (Wildman–Crippen MR) is 46.1 cm³/mol. The summed E-state index contributed by atoms with van der Waals surface area (Å²) in [5, 5.41) is 9.58. The van der Waals surface area contributed by atoms with Crippen molar-refractivity contribution in [3.8, 4) is 0 Å². The Bertz CT molecular complexity index is 304. The highest BCUT2D eigenvalue weighted by Gasteiger charge is 2.29. The molecule has 64 valence electrons. The molecule has 0 atom stereocenters. The zero-order chi connectivity index (χ0) is 8.55. The van der Waals surface area contributed by atoms with Gasteiger partial charge in [-0.05, 0) is 19.8 Å². The first-order chi connectivity index (χ1) is 5.75. The third-order valence-corrected chi connectivity index (χ3v) is 2.76. The van der Waals surface area contributed by atoms with Crippen LogP contribution in [0.15, 0.2) is 0 Å². The van der Waals surface area contributed by atoms with Crippen molar-refractivity contribution in [2.24, 2.45) is 5.92 Å². The molecule has 4 heteroatoms. The van der Waals surface area contributed by atoms with Gasteiger partial charge in [0.25, 0.3) is 0 Å². The molecule has 12 heavy (non-hydrogen) atoms. The summed E-state index contributed by atoms with van der Waals surface area (Å²) < 4.78 is 0. The van der Waals surface area contributed by atoms with Gasteiger partial charge >= 0.3 is 0 Å². The second-order valence-corrected chi connectivity index (χ2v) is 4.40. The smallest absolute Gasteiger partial charge is 0.142 e. The van der Waals surface area contributed by atoms with Gasteiger partial charge in [-0.2, -0.15) is 0 Å². The monoisotopic (exact) mass is 182 g/mol. The molecule has 1 aromatic heterocycles. The molecule has 3 nitrogen and oxygen atoms in total. The van der Waals surface area contributed by atoms with E-state index in [2.05, 4.69) is 10.2 Å². The standard InChI is InChI=1S/C8H10N2OS/c1-5-9-10-8(12-5)4-7(11)6-2-3-6/h6H,2-4H2,1H3. The van der Waals surface area contributed by atoms with Crippen LogP contribution in [0.2, 0.25) is 0 Å². The van der Waals surface area contributed by atoms with Crippen LogP contribution in [-0.2, 0) is 11.2 Å². The highest BCUT2D eigenvalue weighted by Crippen LogP contribution is 2.31. The van der Waals surface area contributed by atoms with Crippen LogP contribution in [0, 0.1) is 12.8 Å². The molecule has 0 aromatic carbocycles. The van der Waals surface area contributed by atoms with Crippen molar-refractivity contribution in [3.05, 3.63) is 10.0 Å². The first-order valence-electron chi connectivity index (χ1n) is 4.07. The molecule has 0 amide bonds. The number of aryl methyl sites for hydroxylation is 1. The predicted octanol–water partition coefficient (Wildman–Crippen LogP) is 1.37. The van der Waals surface area contributed by atoms with Crippen molar-refractivity contribution in [2.75, 3.05) is 0 Å². The Kier molecular flexibility index (Phi) is 1.92. The molecule has 0 radical (unpaired) electrons. The number of hydrogen-bond donors (Lipinski definition) is 0. The van der Waals surface area contributed by atoms with Gasteiger partial charge in [0, 0.05) is 5.92 Å².